The van der Waals surface area contributed by atoms with Crippen LogP contribution in [0.3, 0.4) is 0 Å². The van der Waals surface area contributed by atoms with E-state index in [4.69, 9.17) is 22.7 Å². The number of nitrogens with zero attached hydrogens (tertiary/aromatic N) is 1. The highest BCUT2D eigenvalue weighted by atomic mass is 32.1. The maximum Gasteiger partial charge on any atom is 0.0740 e. The minimum atomic E-state index is 0.497. The molecule has 0 radical (unpaired) electrons. The Bertz CT molecular complexity index is 175. The number of hydrogen-bond acceptors (Lipinski definition) is 3. The Morgan fingerprint density at radius 3 is 3.15 bits per heavy atom. The first-order valence-corrected chi connectivity index (χ1v) is 5.21. The highest BCUT2D eigenvalue weighted by Crippen LogP contribution is 2.07. The van der Waals surface area contributed by atoms with Gasteiger partial charge in [0.1, 0.15) is 0 Å². The standard InChI is InChI=1S/C9H18N2OS/c1-8-7-12-6-2-4-11(8)5-3-9(10)13/h8H,2-7H2,1H3,(H2,10,13). The van der Waals surface area contributed by atoms with Gasteiger partial charge in [-0.15, -0.1) is 0 Å². The summed E-state index contributed by atoms with van der Waals surface area (Å²) in [6, 6.07) is 0.497. The van der Waals surface area contributed by atoms with E-state index in [0.717, 1.165) is 39.1 Å². The van der Waals surface area contributed by atoms with Crippen LogP contribution in [-0.4, -0.2) is 42.2 Å². The quantitative estimate of drug-likeness (QED) is 0.686. The minimum absolute atomic E-state index is 0.497. The molecule has 0 aromatic carbocycles. The molecule has 0 aromatic rings. The SMILES string of the molecule is CC1COCCCN1CCC(N)=S. The second-order valence-corrected chi connectivity index (χ2v) is 4.05. The molecule has 1 aliphatic heterocycles. The lowest BCUT2D eigenvalue weighted by Crippen LogP contribution is -2.37. The fourth-order valence-electron chi connectivity index (χ4n) is 1.54. The predicted molar refractivity (Wildman–Crippen MR) is 57.9 cm³/mol. The van der Waals surface area contributed by atoms with Crippen LogP contribution in [0, 0.1) is 0 Å². The molecule has 13 heavy (non-hydrogen) atoms. The fourth-order valence-corrected chi connectivity index (χ4v) is 1.63. The summed E-state index contributed by atoms with van der Waals surface area (Å²) >= 11 is 4.86. The lowest BCUT2D eigenvalue weighted by molar-refractivity contribution is 0.109. The molecule has 4 heteroatoms. The van der Waals surface area contributed by atoms with E-state index in [0.29, 0.717) is 11.0 Å². The number of rotatable bonds is 3. The fraction of sp³-hybridized carbons (Fsp3) is 0.889. The summed E-state index contributed by atoms with van der Waals surface area (Å²) in [6.45, 7) is 5.97. The first kappa shape index (κ1) is 10.9. The Hall–Kier alpha value is -0.190. The molecule has 0 saturated carbocycles. The molecule has 1 atom stereocenters. The number of thiocarbonyl (C=S) groups is 1. The molecule has 1 heterocycles. The van der Waals surface area contributed by atoms with Crippen molar-refractivity contribution in [3.8, 4) is 0 Å². The molecule has 1 fully saturated rings. The molecule has 0 spiro atoms. The third-order valence-corrected chi connectivity index (χ3v) is 2.57. The molecule has 0 aromatic heterocycles. The third kappa shape index (κ3) is 4.02. The van der Waals surface area contributed by atoms with Crippen molar-refractivity contribution < 1.29 is 4.74 Å². The van der Waals surface area contributed by atoms with Crippen LogP contribution in [0.25, 0.3) is 0 Å². The van der Waals surface area contributed by atoms with Crippen molar-refractivity contribution in [3.63, 3.8) is 0 Å². The van der Waals surface area contributed by atoms with Crippen LogP contribution in [0.4, 0.5) is 0 Å². The van der Waals surface area contributed by atoms with Crippen LogP contribution in [0.1, 0.15) is 19.8 Å². The van der Waals surface area contributed by atoms with Crippen LogP contribution in [0.15, 0.2) is 0 Å². The van der Waals surface area contributed by atoms with Crippen LogP contribution >= 0.6 is 12.2 Å². The summed E-state index contributed by atoms with van der Waals surface area (Å²) in [6.07, 6.45) is 1.93. The Morgan fingerprint density at radius 2 is 2.46 bits per heavy atom. The number of hydrogen-bond donors (Lipinski definition) is 1. The second-order valence-electron chi connectivity index (χ2n) is 3.53. The number of ether oxygens (including phenoxy) is 1. The first-order chi connectivity index (χ1) is 6.20. The Balaban J connectivity index is 2.31. The largest absolute Gasteiger partial charge is 0.393 e. The summed E-state index contributed by atoms with van der Waals surface area (Å²) in [5.41, 5.74) is 5.47. The van der Waals surface area contributed by atoms with Gasteiger partial charge < -0.3 is 10.5 Å². The third-order valence-electron chi connectivity index (χ3n) is 2.36. The van der Waals surface area contributed by atoms with E-state index in [1.807, 2.05) is 0 Å². The Labute approximate surface area is 85.2 Å². The van der Waals surface area contributed by atoms with Gasteiger partial charge in [-0.25, -0.2) is 0 Å². The van der Waals surface area contributed by atoms with Crippen molar-refractivity contribution in [3.05, 3.63) is 0 Å². The van der Waals surface area contributed by atoms with Gasteiger partial charge in [0, 0.05) is 32.2 Å². The Morgan fingerprint density at radius 1 is 1.69 bits per heavy atom. The van der Waals surface area contributed by atoms with E-state index in [2.05, 4.69) is 11.8 Å². The first-order valence-electron chi connectivity index (χ1n) is 4.80. The molecule has 1 unspecified atom stereocenters. The van der Waals surface area contributed by atoms with Crippen molar-refractivity contribution in [1.29, 1.82) is 0 Å². The van der Waals surface area contributed by atoms with E-state index in [1.54, 1.807) is 0 Å². The molecule has 1 rings (SSSR count). The smallest absolute Gasteiger partial charge is 0.0740 e. The lowest BCUT2D eigenvalue weighted by Gasteiger charge is -2.25. The van der Waals surface area contributed by atoms with Gasteiger partial charge in [-0.05, 0) is 13.3 Å². The zero-order valence-electron chi connectivity index (χ0n) is 8.16. The summed E-state index contributed by atoms with van der Waals surface area (Å²) in [5, 5.41) is 0. The summed E-state index contributed by atoms with van der Waals surface area (Å²) < 4.78 is 5.44. The maximum atomic E-state index is 5.47. The summed E-state index contributed by atoms with van der Waals surface area (Å²) in [7, 11) is 0. The molecule has 0 aliphatic carbocycles. The maximum absolute atomic E-state index is 5.47. The predicted octanol–water partition coefficient (Wildman–Crippen LogP) is 0.773. The van der Waals surface area contributed by atoms with Gasteiger partial charge in [0.15, 0.2) is 0 Å². The summed E-state index contributed by atoms with van der Waals surface area (Å²) in [5.74, 6) is 0. The van der Waals surface area contributed by atoms with E-state index in [1.165, 1.54) is 0 Å². The van der Waals surface area contributed by atoms with E-state index in [9.17, 15) is 0 Å². The van der Waals surface area contributed by atoms with Gasteiger partial charge in [0.2, 0.25) is 0 Å². The monoisotopic (exact) mass is 202 g/mol. The highest BCUT2D eigenvalue weighted by Gasteiger charge is 2.16. The summed E-state index contributed by atoms with van der Waals surface area (Å²) in [4.78, 5) is 3.00. The van der Waals surface area contributed by atoms with Gasteiger partial charge in [-0.2, -0.15) is 0 Å². The number of nitrogens with two attached hydrogens (primary N) is 1. The average molecular weight is 202 g/mol. The second kappa shape index (κ2) is 5.52. The normalized spacial score (nSPS) is 25.5. The van der Waals surface area contributed by atoms with Crippen LogP contribution in [0.2, 0.25) is 0 Å². The van der Waals surface area contributed by atoms with E-state index in [-0.39, 0.29) is 0 Å². The van der Waals surface area contributed by atoms with E-state index < -0.39 is 0 Å². The van der Waals surface area contributed by atoms with Gasteiger partial charge in [-0.1, -0.05) is 12.2 Å². The Kier molecular flexibility index (Phi) is 4.62. The minimum Gasteiger partial charge on any atom is -0.393 e. The van der Waals surface area contributed by atoms with E-state index >= 15 is 0 Å². The van der Waals surface area contributed by atoms with Gasteiger partial charge in [0.25, 0.3) is 0 Å². The molecule has 2 N–H and O–H groups in total. The molecule has 76 valence electrons. The van der Waals surface area contributed by atoms with Crippen molar-refractivity contribution in [2.45, 2.75) is 25.8 Å². The van der Waals surface area contributed by atoms with Crippen LogP contribution < -0.4 is 5.73 Å². The highest BCUT2D eigenvalue weighted by molar-refractivity contribution is 7.80. The van der Waals surface area contributed by atoms with Crippen LogP contribution in [0.5, 0.6) is 0 Å². The molecular formula is C9H18N2OS. The lowest BCUT2D eigenvalue weighted by atomic mass is 10.2. The molecule has 0 bridgehead atoms. The van der Waals surface area contributed by atoms with Crippen molar-refractivity contribution >= 4 is 17.2 Å². The molecule has 1 aliphatic rings. The van der Waals surface area contributed by atoms with Gasteiger partial charge in [-0.3, -0.25) is 4.90 Å². The van der Waals surface area contributed by atoms with Crippen LogP contribution in [-0.2, 0) is 4.74 Å². The zero-order valence-corrected chi connectivity index (χ0v) is 8.98. The van der Waals surface area contributed by atoms with Crippen molar-refractivity contribution in [2.75, 3.05) is 26.3 Å². The molecule has 0 amide bonds. The van der Waals surface area contributed by atoms with Gasteiger partial charge >= 0.3 is 0 Å². The van der Waals surface area contributed by atoms with Crippen molar-refractivity contribution in [2.24, 2.45) is 5.73 Å². The average Bonchev–Trinajstić information content (AvgIpc) is 2.27. The molecule has 1 saturated heterocycles. The van der Waals surface area contributed by atoms with Crippen molar-refractivity contribution in [1.82, 2.24) is 4.90 Å². The topological polar surface area (TPSA) is 38.5 Å². The zero-order chi connectivity index (χ0) is 9.68. The molecular weight excluding hydrogens is 184 g/mol. The molecule has 3 nitrogen and oxygen atoms in total. The van der Waals surface area contributed by atoms with Gasteiger partial charge in [0.05, 0.1) is 11.6 Å².